The zero-order valence-corrected chi connectivity index (χ0v) is 11.5. The van der Waals surface area contributed by atoms with Gasteiger partial charge in [0.1, 0.15) is 0 Å². The minimum Gasteiger partial charge on any atom is -0.326 e. The molecule has 1 aliphatic rings. The Hall–Kier alpha value is -0.0300. The van der Waals surface area contributed by atoms with Crippen molar-refractivity contribution in [3.63, 3.8) is 0 Å². The molecule has 0 bridgehead atoms. The van der Waals surface area contributed by atoms with Crippen LogP contribution in [0.25, 0.3) is 0 Å². The van der Waals surface area contributed by atoms with Gasteiger partial charge in [-0.3, -0.25) is 4.90 Å². The molecule has 2 rings (SSSR count). The summed E-state index contributed by atoms with van der Waals surface area (Å²) >= 11 is 3.94. The quantitative estimate of drug-likeness (QED) is 0.901. The molecule has 0 amide bonds. The molecule has 0 aliphatic carbocycles. The maximum atomic E-state index is 5.68. The molecule has 1 aromatic rings. The van der Waals surface area contributed by atoms with Crippen molar-refractivity contribution < 1.29 is 0 Å². The molecular weight excluding hydrogens is 236 g/mol. The molecule has 1 aromatic heterocycles. The fourth-order valence-electron chi connectivity index (χ4n) is 2.04. The second-order valence-electron chi connectivity index (χ2n) is 4.24. The molecule has 0 radical (unpaired) electrons. The molecule has 1 fully saturated rings. The van der Waals surface area contributed by atoms with Gasteiger partial charge in [-0.15, -0.1) is 11.3 Å². The number of hydrogen-bond acceptors (Lipinski definition) is 4. The average molecular weight is 256 g/mol. The van der Waals surface area contributed by atoms with Crippen LogP contribution in [0.3, 0.4) is 0 Å². The Morgan fingerprint density at radius 3 is 3.00 bits per heavy atom. The van der Waals surface area contributed by atoms with E-state index in [9.17, 15) is 0 Å². The second-order valence-corrected chi connectivity index (χ2v) is 6.81. The lowest BCUT2D eigenvalue weighted by Gasteiger charge is -2.19. The zero-order chi connectivity index (χ0) is 11.4. The Morgan fingerprint density at radius 2 is 2.25 bits per heavy atom. The molecule has 1 aliphatic heterocycles. The van der Waals surface area contributed by atoms with Crippen LogP contribution in [0.1, 0.15) is 21.7 Å². The third kappa shape index (κ3) is 3.23. The number of thiophene rings is 1. The van der Waals surface area contributed by atoms with Crippen LogP contribution in [0.15, 0.2) is 6.07 Å². The molecule has 0 saturated carbocycles. The molecule has 0 spiro atoms. The van der Waals surface area contributed by atoms with E-state index in [0.717, 1.165) is 6.54 Å². The van der Waals surface area contributed by atoms with Crippen LogP contribution in [0.4, 0.5) is 0 Å². The van der Waals surface area contributed by atoms with Crippen molar-refractivity contribution in [2.75, 3.05) is 24.6 Å². The summed E-state index contributed by atoms with van der Waals surface area (Å²) < 4.78 is 0. The van der Waals surface area contributed by atoms with Crippen molar-refractivity contribution in [1.82, 2.24) is 4.90 Å². The van der Waals surface area contributed by atoms with E-state index >= 15 is 0 Å². The summed E-state index contributed by atoms with van der Waals surface area (Å²) in [6.07, 6.45) is 1.33. The van der Waals surface area contributed by atoms with Crippen molar-refractivity contribution in [2.45, 2.75) is 26.4 Å². The molecular formula is C12H20N2S2. The largest absolute Gasteiger partial charge is 0.326 e. The lowest BCUT2D eigenvalue weighted by molar-refractivity contribution is 0.287. The van der Waals surface area contributed by atoms with E-state index < -0.39 is 0 Å². The maximum Gasteiger partial charge on any atom is 0.0274 e. The summed E-state index contributed by atoms with van der Waals surface area (Å²) in [4.78, 5) is 5.34. The lowest BCUT2D eigenvalue weighted by atomic mass is 10.2. The predicted octanol–water partition coefficient (Wildman–Crippen LogP) is 2.45. The van der Waals surface area contributed by atoms with Crippen molar-refractivity contribution in [2.24, 2.45) is 5.73 Å². The van der Waals surface area contributed by atoms with Crippen LogP contribution in [0.2, 0.25) is 0 Å². The number of nitrogens with zero attached hydrogens (tertiary/aromatic N) is 1. The Morgan fingerprint density at radius 1 is 1.38 bits per heavy atom. The van der Waals surface area contributed by atoms with Crippen LogP contribution in [-0.4, -0.2) is 29.5 Å². The summed E-state index contributed by atoms with van der Waals surface area (Å²) in [6, 6.07) is 2.29. The summed E-state index contributed by atoms with van der Waals surface area (Å²) in [5, 5.41) is 0. The molecule has 0 unspecified atom stereocenters. The van der Waals surface area contributed by atoms with Gasteiger partial charge in [0.05, 0.1) is 0 Å². The Kier molecular flexibility index (Phi) is 4.70. The number of aryl methyl sites for hydroxylation is 1. The topological polar surface area (TPSA) is 29.3 Å². The lowest BCUT2D eigenvalue weighted by Crippen LogP contribution is -2.25. The van der Waals surface area contributed by atoms with Crippen molar-refractivity contribution in [3.8, 4) is 0 Å². The Bertz CT molecular complexity index is 328. The SMILES string of the molecule is Cc1sc(CN)cc1CN1CCCSCC1. The monoisotopic (exact) mass is 256 g/mol. The smallest absolute Gasteiger partial charge is 0.0274 e. The van der Waals surface area contributed by atoms with E-state index in [4.69, 9.17) is 5.73 Å². The number of rotatable bonds is 3. The van der Waals surface area contributed by atoms with Gasteiger partial charge in [-0.25, -0.2) is 0 Å². The first kappa shape index (κ1) is 12.4. The first-order valence-corrected chi connectivity index (χ1v) is 7.85. The summed E-state index contributed by atoms with van der Waals surface area (Å²) in [6.45, 7) is 6.49. The van der Waals surface area contributed by atoms with Gasteiger partial charge in [0.25, 0.3) is 0 Å². The average Bonchev–Trinajstić information content (AvgIpc) is 2.51. The minimum atomic E-state index is 0.682. The second kappa shape index (κ2) is 6.05. The fourth-order valence-corrected chi connectivity index (χ4v) is 3.90. The normalized spacial score (nSPS) is 18.6. The predicted molar refractivity (Wildman–Crippen MR) is 74.2 cm³/mol. The highest BCUT2D eigenvalue weighted by atomic mass is 32.2. The fraction of sp³-hybridized carbons (Fsp3) is 0.667. The molecule has 2 heterocycles. The van der Waals surface area contributed by atoms with Crippen molar-refractivity contribution >= 4 is 23.1 Å². The third-order valence-corrected chi connectivity index (χ3v) is 5.15. The van der Waals surface area contributed by atoms with E-state index in [0.29, 0.717) is 6.54 Å². The summed E-state index contributed by atoms with van der Waals surface area (Å²) in [5.74, 6) is 2.61. The minimum absolute atomic E-state index is 0.682. The van der Waals surface area contributed by atoms with E-state index in [1.165, 1.54) is 46.3 Å². The van der Waals surface area contributed by atoms with Crippen molar-refractivity contribution in [3.05, 3.63) is 21.4 Å². The number of thioether (sulfide) groups is 1. The van der Waals surface area contributed by atoms with E-state index in [2.05, 4.69) is 29.7 Å². The first-order valence-electron chi connectivity index (χ1n) is 5.88. The summed E-state index contributed by atoms with van der Waals surface area (Å²) in [7, 11) is 0. The van der Waals surface area contributed by atoms with Gasteiger partial charge in [0.2, 0.25) is 0 Å². The molecule has 90 valence electrons. The molecule has 16 heavy (non-hydrogen) atoms. The van der Waals surface area contributed by atoms with Gasteiger partial charge >= 0.3 is 0 Å². The van der Waals surface area contributed by atoms with Crippen molar-refractivity contribution in [1.29, 1.82) is 0 Å². The van der Waals surface area contributed by atoms with Crippen LogP contribution in [-0.2, 0) is 13.1 Å². The molecule has 2 N–H and O–H groups in total. The maximum absolute atomic E-state index is 5.68. The Labute approximate surface area is 106 Å². The Balaban J connectivity index is 1.98. The van der Waals surface area contributed by atoms with Gasteiger partial charge in [0.15, 0.2) is 0 Å². The van der Waals surface area contributed by atoms with E-state index in [1.807, 2.05) is 11.3 Å². The third-order valence-electron chi connectivity index (χ3n) is 2.98. The zero-order valence-electron chi connectivity index (χ0n) is 9.87. The van der Waals surface area contributed by atoms with Gasteiger partial charge < -0.3 is 5.73 Å². The standard InChI is InChI=1S/C12H20N2S2/c1-10-11(7-12(8-13)16-10)9-14-3-2-5-15-6-4-14/h7H,2-6,8-9,13H2,1H3. The number of hydrogen-bond donors (Lipinski definition) is 1. The van der Waals surface area contributed by atoms with Gasteiger partial charge in [-0.2, -0.15) is 11.8 Å². The summed E-state index contributed by atoms with van der Waals surface area (Å²) in [5.41, 5.74) is 7.17. The molecule has 2 nitrogen and oxygen atoms in total. The first-order chi connectivity index (χ1) is 7.79. The number of nitrogens with two attached hydrogens (primary N) is 1. The molecule has 0 aromatic carbocycles. The van der Waals surface area contributed by atoms with Gasteiger partial charge in [-0.05, 0) is 37.3 Å². The van der Waals surface area contributed by atoms with Crippen LogP contribution < -0.4 is 5.73 Å². The molecule has 4 heteroatoms. The highest BCUT2D eigenvalue weighted by molar-refractivity contribution is 7.99. The van der Waals surface area contributed by atoms with Gasteiger partial charge in [0, 0.05) is 35.1 Å². The molecule has 0 atom stereocenters. The molecule has 1 saturated heterocycles. The van der Waals surface area contributed by atoms with Gasteiger partial charge in [-0.1, -0.05) is 0 Å². The van der Waals surface area contributed by atoms with E-state index in [1.54, 1.807) is 0 Å². The van der Waals surface area contributed by atoms with Crippen LogP contribution in [0, 0.1) is 6.92 Å². The van der Waals surface area contributed by atoms with Crippen LogP contribution >= 0.6 is 23.1 Å². The highest BCUT2D eigenvalue weighted by Crippen LogP contribution is 2.23. The van der Waals surface area contributed by atoms with E-state index in [-0.39, 0.29) is 0 Å². The van der Waals surface area contributed by atoms with Crippen LogP contribution in [0.5, 0.6) is 0 Å². The highest BCUT2D eigenvalue weighted by Gasteiger charge is 2.12.